The minimum Gasteiger partial charge on any atom is -0.489 e. The smallest absolute Gasteiger partial charge is 0.155 e. The van der Waals surface area contributed by atoms with Crippen molar-refractivity contribution in [2.75, 3.05) is 25.7 Å². The molecule has 0 saturated carbocycles. The Balaban J connectivity index is 1.59. The van der Waals surface area contributed by atoms with Crippen molar-refractivity contribution in [3.05, 3.63) is 57.4 Å². The van der Waals surface area contributed by atoms with E-state index in [4.69, 9.17) is 32.7 Å². The van der Waals surface area contributed by atoms with Gasteiger partial charge in [0, 0.05) is 17.5 Å². The summed E-state index contributed by atoms with van der Waals surface area (Å²) in [5.41, 5.74) is 6.56. The SMILES string of the molecule is N#Cc1cc2c(c(Cl)c1OCCCl)CCCC2c1cnc2[nH]nc(C3=CCOCC3)c2c1. The number of fused-ring (bicyclic) bond motifs is 2. The van der Waals surface area contributed by atoms with Crippen LogP contribution >= 0.6 is 23.2 Å². The highest BCUT2D eigenvalue weighted by atomic mass is 35.5. The van der Waals surface area contributed by atoms with Crippen molar-refractivity contribution < 1.29 is 9.47 Å². The molecule has 6 nitrogen and oxygen atoms in total. The van der Waals surface area contributed by atoms with E-state index in [1.807, 2.05) is 12.3 Å². The van der Waals surface area contributed by atoms with Crippen molar-refractivity contribution >= 4 is 39.8 Å². The molecule has 8 heteroatoms. The van der Waals surface area contributed by atoms with Crippen molar-refractivity contribution in [2.45, 2.75) is 31.6 Å². The van der Waals surface area contributed by atoms with E-state index in [9.17, 15) is 5.26 Å². The second-order valence-corrected chi connectivity index (χ2v) is 8.78. The monoisotopic (exact) mass is 468 g/mol. The number of pyridine rings is 1. The molecule has 3 heterocycles. The largest absolute Gasteiger partial charge is 0.489 e. The lowest BCUT2D eigenvalue weighted by Crippen LogP contribution is -2.14. The van der Waals surface area contributed by atoms with Gasteiger partial charge in [0.1, 0.15) is 12.7 Å². The quantitative estimate of drug-likeness (QED) is 0.508. The molecular weight excluding hydrogens is 447 g/mol. The summed E-state index contributed by atoms with van der Waals surface area (Å²) >= 11 is 12.5. The maximum Gasteiger partial charge on any atom is 0.155 e. The molecule has 0 fully saturated rings. The summed E-state index contributed by atoms with van der Waals surface area (Å²) in [7, 11) is 0. The van der Waals surface area contributed by atoms with Gasteiger partial charge in [-0.2, -0.15) is 10.4 Å². The zero-order chi connectivity index (χ0) is 22.1. The van der Waals surface area contributed by atoms with Crippen LogP contribution in [0.4, 0.5) is 0 Å². The summed E-state index contributed by atoms with van der Waals surface area (Å²) in [5, 5.41) is 18.9. The third kappa shape index (κ3) is 3.75. The summed E-state index contributed by atoms with van der Waals surface area (Å²) in [6.07, 6.45) is 7.64. The number of hydrogen-bond donors (Lipinski definition) is 1. The first-order valence-electron chi connectivity index (χ1n) is 10.8. The first-order valence-corrected chi connectivity index (χ1v) is 11.7. The van der Waals surface area contributed by atoms with Gasteiger partial charge in [-0.15, -0.1) is 11.6 Å². The Morgan fingerprint density at radius 2 is 2.22 bits per heavy atom. The average Bonchev–Trinajstić information content (AvgIpc) is 3.27. The zero-order valence-electron chi connectivity index (χ0n) is 17.5. The number of H-pyrrole nitrogens is 1. The van der Waals surface area contributed by atoms with Crippen LogP contribution in [-0.2, 0) is 11.2 Å². The van der Waals surface area contributed by atoms with Crippen LogP contribution in [-0.4, -0.2) is 40.9 Å². The number of benzene rings is 1. The average molecular weight is 469 g/mol. The van der Waals surface area contributed by atoms with Gasteiger partial charge < -0.3 is 9.47 Å². The van der Waals surface area contributed by atoms with Gasteiger partial charge in [0.25, 0.3) is 0 Å². The van der Waals surface area contributed by atoms with Crippen LogP contribution in [0.3, 0.4) is 0 Å². The fraction of sp³-hybridized carbons (Fsp3) is 0.375. The second-order valence-electron chi connectivity index (χ2n) is 8.02. The third-order valence-corrected chi connectivity index (χ3v) is 6.76. The van der Waals surface area contributed by atoms with Gasteiger partial charge in [0.15, 0.2) is 11.4 Å². The fourth-order valence-corrected chi connectivity index (χ4v) is 5.14. The van der Waals surface area contributed by atoms with E-state index >= 15 is 0 Å². The fourth-order valence-electron chi connectivity index (χ4n) is 4.70. The lowest BCUT2D eigenvalue weighted by Gasteiger charge is -2.28. The molecule has 1 aliphatic carbocycles. The number of ether oxygens (including phenoxy) is 2. The molecule has 0 bridgehead atoms. The standard InChI is InChI=1S/C24H22Cl2N4O2/c25-6-9-32-23-15(12-27)10-19-17(2-1-3-18(19)21(23)26)16-11-20-22(14-4-7-31-8-5-14)29-30-24(20)28-13-16/h4,10-11,13,17H,1-3,5-9H2,(H,28,29,30). The molecule has 1 N–H and O–H groups in total. The number of alkyl halides is 1. The molecule has 1 atom stereocenters. The molecule has 1 aliphatic heterocycles. The van der Waals surface area contributed by atoms with E-state index in [1.54, 1.807) is 0 Å². The minimum absolute atomic E-state index is 0.105. The van der Waals surface area contributed by atoms with Crippen molar-refractivity contribution in [3.8, 4) is 11.8 Å². The summed E-state index contributed by atoms with van der Waals surface area (Å²) < 4.78 is 11.2. The molecule has 0 saturated heterocycles. The van der Waals surface area contributed by atoms with Gasteiger partial charge in [-0.3, -0.25) is 5.10 Å². The molecule has 1 unspecified atom stereocenters. The molecule has 0 amide bonds. The van der Waals surface area contributed by atoms with Crippen LogP contribution in [0.2, 0.25) is 5.02 Å². The van der Waals surface area contributed by atoms with Crippen molar-refractivity contribution in [1.82, 2.24) is 15.2 Å². The van der Waals surface area contributed by atoms with Crippen molar-refractivity contribution in [1.29, 1.82) is 5.26 Å². The first kappa shape index (κ1) is 21.3. The Labute approximate surface area is 196 Å². The predicted molar refractivity (Wildman–Crippen MR) is 124 cm³/mol. The number of rotatable bonds is 5. The van der Waals surface area contributed by atoms with Crippen molar-refractivity contribution in [2.24, 2.45) is 0 Å². The molecule has 2 aliphatic rings. The number of hydrogen-bond acceptors (Lipinski definition) is 5. The molecule has 32 heavy (non-hydrogen) atoms. The Morgan fingerprint density at radius 1 is 1.31 bits per heavy atom. The Bertz CT molecular complexity index is 1250. The molecule has 2 aromatic heterocycles. The topological polar surface area (TPSA) is 83.8 Å². The lowest BCUT2D eigenvalue weighted by atomic mass is 9.78. The lowest BCUT2D eigenvalue weighted by molar-refractivity contribution is 0.161. The second kappa shape index (κ2) is 9.11. The number of nitrogens with one attached hydrogen (secondary N) is 1. The van der Waals surface area contributed by atoms with E-state index < -0.39 is 0 Å². The molecule has 3 aromatic rings. The number of aromatic nitrogens is 3. The summed E-state index contributed by atoms with van der Waals surface area (Å²) in [6.45, 7) is 1.62. The van der Waals surface area contributed by atoms with E-state index in [1.165, 1.54) is 5.57 Å². The van der Waals surface area contributed by atoms with Crippen LogP contribution < -0.4 is 4.74 Å². The zero-order valence-corrected chi connectivity index (χ0v) is 19.0. The highest BCUT2D eigenvalue weighted by Gasteiger charge is 2.28. The predicted octanol–water partition coefficient (Wildman–Crippen LogP) is 5.37. The van der Waals surface area contributed by atoms with Gasteiger partial charge in [-0.1, -0.05) is 17.7 Å². The van der Waals surface area contributed by atoms with Crippen LogP contribution in [0.15, 0.2) is 24.4 Å². The van der Waals surface area contributed by atoms with E-state index in [2.05, 4.69) is 33.4 Å². The Morgan fingerprint density at radius 3 is 3.00 bits per heavy atom. The van der Waals surface area contributed by atoms with E-state index in [-0.39, 0.29) is 5.92 Å². The van der Waals surface area contributed by atoms with Crippen molar-refractivity contribution in [3.63, 3.8) is 0 Å². The summed E-state index contributed by atoms with van der Waals surface area (Å²) in [6, 6.07) is 6.34. The van der Waals surface area contributed by atoms with Gasteiger partial charge >= 0.3 is 0 Å². The number of halogens is 2. The highest BCUT2D eigenvalue weighted by molar-refractivity contribution is 6.33. The van der Waals surface area contributed by atoms with E-state index in [0.29, 0.717) is 42.0 Å². The number of aromatic amines is 1. The van der Waals surface area contributed by atoms with Crippen LogP contribution in [0.1, 0.15) is 53.1 Å². The third-order valence-electron chi connectivity index (χ3n) is 6.20. The molecular formula is C24H22Cl2N4O2. The first-order chi connectivity index (χ1) is 15.7. The van der Waals surface area contributed by atoms with Crippen LogP contribution in [0.25, 0.3) is 16.6 Å². The molecule has 0 radical (unpaired) electrons. The highest BCUT2D eigenvalue weighted by Crippen LogP contribution is 2.45. The maximum absolute atomic E-state index is 9.73. The number of nitrogens with zero attached hydrogens (tertiary/aromatic N) is 3. The number of nitriles is 1. The van der Waals surface area contributed by atoms with Gasteiger partial charge in [-0.25, -0.2) is 4.98 Å². The van der Waals surface area contributed by atoms with Gasteiger partial charge in [-0.05, 0) is 60.1 Å². The maximum atomic E-state index is 9.73. The normalized spacial score (nSPS) is 18.2. The summed E-state index contributed by atoms with van der Waals surface area (Å²) in [5.74, 6) is 0.877. The Hall–Kier alpha value is -2.59. The molecule has 164 valence electrons. The van der Waals surface area contributed by atoms with E-state index in [0.717, 1.165) is 59.1 Å². The van der Waals surface area contributed by atoms with Crippen LogP contribution in [0.5, 0.6) is 5.75 Å². The van der Waals surface area contributed by atoms with Crippen LogP contribution in [0, 0.1) is 11.3 Å². The molecule has 5 rings (SSSR count). The molecule has 0 spiro atoms. The Kier molecular flexibility index (Phi) is 6.05. The summed E-state index contributed by atoms with van der Waals surface area (Å²) in [4.78, 5) is 4.65. The van der Waals surface area contributed by atoms with Gasteiger partial charge in [0.05, 0.1) is 35.4 Å². The molecule has 1 aromatic carbocycles. The minimum atomic E-state index is 0.105. The van der Waals surface area contributed by atoms with Gasteiger partial charge in [0.2, 0.25) is 0 Å².